The van der Waals surface area contributed by atoms with Crippen molar-refractivity contribution in [3.63, 3.8) is 0 Å². The van der Waals surface area contributed by atoms with Gasteiger partial charge in [-0.25, -0.2) is 9.97 Å². The van der Waals surface area contributed by atoms with Crippen molar-refractivity contribution in [2.24, 2.45) is 0 Å². The van der Waals surface area contributed by atoms with Crippen molar-refractivity contribution < 1.29 is 9.84 Å². The Kier molecular flexibility index (Phi) is 7.84. The fourth-order valence-corrected chi connectivity index (χ4v) is 1.81. The van der Waals surface area contributed by atoms with E-state index in [4.69, 9.17) is 9.84 Å². The molecule has 1 aromatic heterocycles. The smallest absolute Gasteiger partial charge is 0.134 e. The molecule has 0 aliphatic rings. The van der Waals surface area contributed by atoms with Gasteiger partial charge in [-0.3, -0.25) is 0 Å². The number of aromatic nitrogens is 2. The standard InChI is InChI=1S/C13H24N4O2/c1-3-5-11-12(14-2)16-10-17-13(11)15-6-4-8-19-9-7-18/h10,18H,3-9H2,1-2H3,(H2,14,15,16,17). The second kappa shape index (κ2) is 9.52. The molecule has 0 amide bonds. The highest BCUT2D eigenvalue weighted by Gasteiger charge is 2.08. The fraction of sp³-hybridized carbons (Fsp3) is 0.692. The minimum atomic E-state index is 0.0749. The maximum Gasteiger partial charge on any atom is 0.134 e. The number of nitrogens with one attached hydrogen (secondary N) is 2. The van der Waals surface area contributed by atoms with Crippen LogP contribution in [0.25, 0.3) is 0 Å². The molecule has 0 fully saturated rings. The van der Waals surface area contributed by atoms with Crippen LogP contribution in [0, 0.1) is 0 Å². The molecule has 0 unspecified atom stereocenters. The predicted octanol–water partition coefficient (Wildman–Crippen LogP) is 1.28. The van der Waals surface area contributed by atoms with Gasteiger partial charge in [0.15, 0.2) is 0 Å². The van der Waals surface area contributed by atoms with Crippen molar-refractivity contribution in [1.82, 2.24) is 9.97 Å². The van der Waals surface area contributed by atoms with Gasteiger partial charge in [-0.1, -0.05) is 13.3 Å². The molecule has 19 heavy (non-hydrogen) atoms. The summed E-state index contributed by atoms with van der Waals surface area (Å²) in [6, 6.07) is 0. The number of aliphatic hydroxyl groups is 1. The fourth-order valence-electron chi connectivity index (χ4n) is 1.81. The number of aliphatic hydroxyl groups excluding tert-OH is 1. The largest absolute Gasteiger partial charge is 0.394 e. The second-order valence-electron chi connectivity index (χ2n) is 4.17. The summed E-state index contributed by atoms with van der Waals surface area (Å²) >= 11 is 0. The summed E-state index contributed by atoms with van der Waals surface area (Å²) in [4.78, 5) is 8.53. The van der Waals surface area contributed by atoms with Gasteiger partial charge >= 0.3 is 0 Å². The number of rotatable bonds is 10. The molecule has 0 atom stereocenters. The molecule has 0 aromatic carbocycles. The molecule has 0 saturated carbocycles. The van der Waals surface area contributed by atoms with Crippen molar-refractivity contribution in [3.05, 3.63) is 11.9 Å². The first kappa shape index (κ1) is 15.7. The Labute approximate surface area is 114 Å². The number of nitrogens with zero attached hydrogens (tertiary/aromatic N) is 2. The molecule has 0 aliphatic carbocycles. The van der Waals surface area contributed by atoms with E-state index in [0.29, 0.717) is 13.2 Å². The number of hydrogen-bond acceptors (Lipinski definition) is 6. The van der Waals surface area contributed by atoms with E-state index in [1.54, 1.807) is 6.33 Å². The molecular formula is C13H24N4O2. The maximum absolute atomic E-state index is 8.59. The Morgan fingerprint density at radius 1 is 1.26 bits per heavy atom. The molecule has 0 aliphatic heterocycles. The highest BCUT2D eigenvalue weighted by Crippen LogP contribution is 2.20. The molecule has 0 spiro atoms. The molecule has 0 saturated heterocycles. The molecule has 1 rings (SSSR count). The lowest BCUT2D eigenvalue weighted by atomic mass is 10.1. The average Bonchev–Trinajstić information content (AvgIpc) is 2.44. The van der Waals surface area contributed by atoms with E-state index >= 15 is 0 Å². The zero-order chi connectivity index (χ0) is 13.9. The first-order valence-electron chi connectivity index (χ1n) is 6.77. The van der Waals surface area contributed by atoms with Gasteiger partial charge in [-0.15, -0.1) is 0 Å². The summed E-state index contributed by atoms with van der Waals surface area (Å²) in [6.07, 6.45) is 4.44. The monoisotopic (exact) mass is 268 g/mol. The molecule has 3 N–H and O–H groups in total. The normalized spacial score (nSPS) is 10.5. The van der Waals surface area contributed by atoms with E-state index in [-0.39, 0.29) is 6.61 Å². The van der Waals surface area contributed by atoms with Gasteiger partial charge in [0.05, 0.1) is 13.2 Å². The highest BCUT2D eigenvalue weighted by molar-refractivity contribution is 5.57. The van der Waals surface area contributed by atoms with Gasteiger partial charge < -0.3 is 20.5 Å². The lowest BCUT2D eigenvalue weighted by Gasteiger charge is -2.13. The number of ether oxygens (including phenoxy) is 1. The van der Waals surface area contributed by atoms with Crippen LogP contribution in [0.15, 0.2) is 6.33 Å². The zero-order valence-electron chi connectivity index (χ0n) is 11.8. The third-order valence-electron chi connectivity index (χ3n) is 2.68. The van der Waals surface area contributed by atoms with Gasteiger partial charge in [-0.2, -0.15) is 0 Å². The lowest BCUT2D eigenvalue weighted by Crippen LogP contribution is -2.11. The minimum absolute atomic E-state index is 0.0749. The first-order valence-corrected chi connectivity index (χ1v) is 6.77. The molecule has 1 aromatic rings. The Morgan fingerprint density at radius 3 is 2.74 bits per heavy atom. The van der Waals surface area contributed by atoms with Crippen molar-refractivity contribution >= 4 is 11.6 Å². The van der Waals surface area contributed by atoms with Crippen molar-refractivity contribution in [3.8, 4) is 0 Å². The van der Waals surface area contributed by atoms with E-state index in [1.807, 2.05) is 7.05 Å². The van der Waals surface area contributed by atoms with Crippen LogP contribution in [-0.2, 0) is 11.2 Å². The SMILES string of the molecule is CCCc1c(NC)ncnc1NCCCOCCO. The molecule has 6 nitrogen and oxygen atoms in total. The van der Waals surface area contributed by atoms with E-state index in [0.717, 1.165) is 43.0 Å². The first-order chi connectivity index (χ1) is 9.33. The third kappa shape index (κ3) is 5.40. The van der Waals surface area contributed by atoms with Crippen LogP contribution in [0.1, 0.15) is 25.3 Å². The Hall–Kier alpha value is -1.40. The average molecular weight is 268 g/mol. The molecule has 0 radical (unpaired) electrons. The summed E-state index contributed by atoms with van der Waals surface area (Å²) in [5, 5.41) is 15.0. The molecule has 0 bridgehead atoms. The second-order valence-corrected chi connectivity index (χ2v) is 4.17. The van der Waals surface area contributed by atoms with Crippen LogP contribution in [0.4, 0.5) is 11.6 Å². The summed E-state index contributed by atoms with van der Waals surface area (Å²) in [5.41, 5.74) is 1.13. The Balaban J connectivity index is 2.47. The highest BCUT2D eigenvalue weighted by atomic mass is 16.5. The van der Waals surface area contributed by atoms with E-state index in [2.05, 4.69) is 27.5 Å². The van der Waals surface area contributed by atoms with Crippen molar-refractivity contribution in [1.29, 1.82) is 0 Å². The van der Waals surface area contributed by atoms with Crippen molar-refractivity contribution in [2.75, 3.05) is 44.0 Å². The molecule has 6 heteroatoms. The van der Waals surface area contributed by atoms with Gasteiger partial charge in [0.25, 0.3) is 0 Å². The van der Waals surface area contributed by atoms with E-state index < -0.39 is 0 Å². The quantitative estimate of drug-likeness (QED) is 0.555. The van der Waals surface area contributed by atoms with Crippen LogP contribution >= 0.6 is 0 Å². The van der Waals surface area contributed by atoms with Crippen LogP contribution in [0.2, 0.25) is 0 Å². The summed E-state index contributed by atoms with van der Waals surface area (Å²) in [7, 11) is 1.87. The predicted molar refractivity (Wildman–Crippen MR) is 76.6 cm³/mol. The van der Waals surface area contributed by atoms with Gasteiger partial charge in [-0.05, 0) is 12.8 Å². The number of anilines is 2. The van der Waals surface area contributed by atoms with Gasteiger partial charge in [0, 0.05) is 25.8 Å². The molecule has 1 heterocycles. The third-order valence-corrected chi connectivity index (χ3v) is 2.68. The molecule has 108 valence electrons. The van der Waals surface area contributed by atoms with Gasteiger partial charge in [0.2, 0.25) is 0 Å². The lowest BCUT2D eigenvalue weighted by molar-refractivity contribution is 0.0922. The van der Waals surface area contributed by atoms with E-state index in [1.165, 1.54) is 0 Å². The van der Waals surface area contributed by atoms with Gasteiger partial charge in [0.1, 0.15) is 18.0 Å². The topological polar surface area (TPSA) is 79.3 Å². The zero-order valence-corrected chi connectivity index (χ0v) is 11.8. The number of hydrogen-bond donors (Lipinski definition) is 3. The summed E-state index contributed by atoms with van der Waals surface area (Å²) in [5.74, 6) is 1.78. The summed E-state index contributed by atoms with van der Waals surface area (Å²) < 4.78 is 5.21. The van der Waals surface area contributed by atoms with Crippen molar-refractivity contribution in [2.45, 2.75) is 26.2 Å². The minimum Gasteiger partial charge on any atom is -0.394 e. The van der Waals surface area contributed by atoms with Crippen LogP contribution in [-0.4, -0.2) is 48.5 Å². The Morgan fingerprint density at radius 2 is 2.05 bits per heavy atom. The van der Waals surface area contributed by atoms with Crippen LogP contribution in [0.3, 0.4) is 0 Å². The Bertz CT molecular complexity index is 360. The maximum atomic E-state index is 8.59. The van der Waals surface area contributed by atoms with Crippen LogP contribution < -0.4 is 10.6 Å². The van der Waals surface area contributed by atoms with E-state index in [9.17, 15) is 0 Å². The molecular weight excluding hydrogens is 244 g/mol. The summed E-state index contributed by atoms with van der Waals surface area (Å²) in [6.45, 7) is 4.05. The van der Waals surface area contributed by atoms with Crippen LogP contribution in [0.5, 0.6) is 0 Å².